The number of alkyl halides is 1. The van der Waals surface area contributed by atoms with Crippen molar-refractivity contribution in [1.29, 1.82) is 0 Å². The molecule has 0 fully saturated rings. The van der Waals surface area contributed by atoms with Crippen molar-refractivity contribution in [2.24, 2.45) is 0 Å². The molecule has 4 heteroatoms. The summed E-state index contributed by atoms with van der Waals surface area (Å²) in [5, 5.41) is 0. The summed E-state index contributed by atoms with van der Waals surface area (Å²) in [6, 6.07) is 10.2. The number of halogens is 1. The molecule has 0 unspecified atom stereocenters. The zero-order valence-electron chi connectivity index (χ0n) is 11.3. The van der Waals surface area contributed by atoms with Crippen LogP contribution in [0.2, 0.25) is 0 Å². The lowest BCUT2D eigenvalue weighted by Gasteiger charge is -2.28. The van der Waals surface area contributed by atoms with E-state index in [4.69, 9.17) is 11.6 Å². The summed E-state index contributed by atoms with van der Waals surface area (Å²) in [4.78, 5) is 0. The first kappa shape index (κ1) is 15.8. The lowest BCUT2D eigenvalue weighted by molar-refractivity contribution is 0.510. The zero-order chi connectivity index (χ0) is 13.6. The van der Waals surface area contributed by atoms with Crippen LogP contribution >= 0.6 is 11.6 Å². The van der Waals surface area contributed by atoms with Crippen LogP contribution in [0.1, 0.15) is 45.2 Å². The van der Waals surface area contributed by atoms with Crippen molar-refractivity contribution in [2.75, 3.05) is 5.88 Å². The molecule has 1 rings (SSSR count). The normalized spacial score (nSPS) is 15.4. The Hall–Kier alpha value is -0.220. The van der Waals surface area contributed by atoms with Gasteiger partial charge in [0, 0.05) is 17.2 Å². The number of hydrogen-bond acceptors (Lipinski definition) is 2. The molecule has 0 aromatic heterocycles. The first-order chi connectivity index (χ1) is 8.45. The van der Waals surface area contributed by atoms with Gasteiger partial charge < -0.3 is 4.55 Å². The Morgan fingerprint density at radius 1 is 1.28 bits per heavy atom. The van der Waals surface area contributed by atoms with E-state index in [9.17, 15) is 4.55 Å². The molecular weight excluding hydrogens is 266 g/mol. The largest absolute Gasteiger partial charge is 0.598 e. The summed E-state index contributed by atoms with van der Waals surface area (Å²) in [7, 11) is 0. The van der Waals surface area contributed by atoms with E-state index in [2.05, 4.69) is 16.9 Å². The lowest BCUT2D eigenvalue weighted by Crippen LogP contribution is -2.41. The van der Waals surface area contributed by atoms with Crippen LogP contribution in [0.5, 0.6) is 0 Å². The van der Waals surface area contributed by atoms with Gasteiger partial charge in [-0.3, -0.25) is 0 Å². The molecule has 18 heavy (non-hydrogen) atoms. The smallest absolute Gasteiger partial charge is 0.136 e. The maximum atomic E-state index is 12.2. The second kappa shape index (κ2) is 7.39. The third-order valence-corrected chi connectivity index (χ3v) is 4.51. The van der Waals surface area contributed by atoms with Gasteiger partial charge in [0.25, 0.3) is 0 Å². The summed E-state index contributed by atoms with van der Waals surface area (Å²) in [6.07, 6.45) is 1.81. The predicted octanol–water partition coefficient (Wildman–Crippen LogP) is 3.80. The van der Waals surface area contributed by atoms with E-state index >= 15 is 0 Å². The third kappa shape index (κ3) is 5.19. The monoisotopic (exact) mass is 287 g/mol. The van der Waals surface area contributed by atoms with E-state index in [0.717, 1.165) is 12.8 Å². The van der Waals surface area contributed by atoms with E-state index < -0.39 is 11.4 Å². The number of hydrogen-bond donors (Lipinski definition) is 1. The maximum Gasteiger partial charge on any atom is 0.136 e. The van der Waals surface area contributed by atoms with Crippen LogP contribution in [-0.4, -0.2) is 15.2 Å². The lowest BCUT2D eigenvalue weighted by atomic mass is 10.0. The minimum Gasteiger partial charge on any atom is -0.598 e. The molecule has 0 radical (unpaired) electrons. The van der Waals surface area contributed by atoms with Crippen LogP contribution < -0.4 is 4.72 Å². The average molecular weight is 288 g/mol. The van der Waals surface area contributed by atoms with E-state index in [-0.39, 0.29) is 10.8 Å². The van der Waals surface area contributed by atoms with Crippen LogP contribution in [0, 0.1) is 0 Å². The fourth-order valence-electron chi connectivity index (χ4n) is 1.57. The van der Waals surface area contributed by atoms with Gasteiger partial charge >= 0.3 is 0 Å². The second-order valence-corrected chi connectivity index (χ2v) is 7.67. The summed E-state index contributed by atoms with van der Waals surface area (Å²) in [5.74, 6) is 0.632. The van der Waals surface area contributed by atoms with Crippen molar-refractivity contribution in [3.8, 4) is 0 Å². The van der Waals surface area contributed by atoms with Crippen LogP contribution in [0.25, 0.3) is 0 Å². The molecule has 0 aliphatic carbocycles. The highest BCUT2D eigenvalue weighted by Gasteiger charge is 2.29. The van der Waals surface area contributed by atoms with Gasteiger partial charge in [-0.25, -0.2) is 0 Å². The highest BCUT2D eigenvalue weighted by Crippen LogP contribution is 2.23. The molecule has 1 N–H and O–H groups in total. The highest BCUT2D eigenvalue weighted by molar-refractivity contribution is 7.90. The van der Waals surface area contributed by atoms with Crippen LogP contribution in [0.4, 0.5) is 0 Å². The molecule has 102 valence electrons. The molecule has 1 aromatic carbocycles. The molecule has 0 aliphatic rings. The van der Waals surface area contributed by atoms with Crippen molar-refractivity contribution >= 4 is 23.0 Å². The first-order valence-electron chi connectivity index (χ1n) is 6.24. The molecule has 0 bridgehead atoms. The van der Waals surface area contributed by atoms with Gasteiger partial charge in [-0.15, -0.1) is 16.3 Å². The summed E-state index contributed by atoms with van der Waals surface area (Å²) in [5.41, 5.74) is 1.17. The van der Waals surface area contributed by atoms with Crippen molar-refractivity contribution in [1.82, 2.24) is 4.72 Å². The molecule has 0 saturated heterocycles. The van der Waals surface area contributed by atoms with Crippen molar-refractivity contribution in [3.05, 3.63) is 35.9 Å². The van der Waals surface area contributed by atoms with Crippen LogP contribution in [0.3, 0.4) is 0 Å². The molecule has 1 aromatic rings. The molecular formula is C14H22ClNOS. The second-order valence-electron chi connectivity index (χ2n) is 5.29. The van der Waals surface area contributed by atoms with E-state index in [0.29, 0.717) is 5.88 Å². The number of nitrogens with one attached hydrogen (secondary N) is 1. The van der Waals surface area contributed by atoms with Gasteiger partial charge in [-0.05, 0) is 39.2 Å². The average Bonchev–Trinajstić information content (AvgIpc) is 2.34. The highest BCUT2D eigenvalue weighted by atomic mass is 35.5. The Labute approximate surface area is 118 Å². The molecule has 0 amide bonds. The molecule has 2 atom stereocenters. The van der Waals surface area contributed by atoms with Crippen molar-refractivity contribution in [3.63, 3.8) is 0 Å². The van der Waals surface area contributed by atoms with E-state index in [1.54, 1.807) is 0 Å². The van der Waals surface area contributed by atoms with Gasteiger partial charge in [0.1, 0.15) is 4.75 Å². The molecule has 0 aliphatic heterocycles. The fraction of sp³-hybridized carbons (Fsp3) is 0.571. The molecule has 0 spiro atoms. The fourth-order valence-corrected chi connectivity index (χ4v) is 2.59. The van der Waals surface area contributed by atoms with E-state index in [1.807, 2.05) is 39.0 Å². The minimum atomic E-state index is -1.06. The van der Waals surface area contributed by atoms with Gasteiger partial charge in [0.15, 0.2) is 0 Å². The molecule has 0 saturated carbocycles. The Kier molecular flexibility index (Phi) is 6.50. The SMILES string of the molecule is CC(C)(C)[S@+]([O-])N[C@@H](CCCCl)c1ccccc1. The summed E-state index contributed by atoms with van der Waals surface area (Å²) in [6.45, 7) is 5.92. The standard InChI is InChI=1S/C14H22ClNOS/c1-14(2,3)18(17)16-13(10-7-11-15)12-8-5-4-6-9-12/h4-6,8-9,13,16H,7,10-11H2,1-3H3/t13-,18-/m0/s1. The predicted molar refractivity (Wildman–Crippen MR) is 80.2 cm³/mol. The minimum absolute atomic E-state index is 0.102. The van der Waals surface area contributed by atoms with Gasteiger partial charge in [0.2, 0.25) is 0 Å². The molecule has 0 heterocycles. The van der Waals surface area contributed by atoms with Gasteiger partial charge in [0.05, 0.1) is 6.04 Å². The van der Waals surface area contributed by atoms with Crippen molar-refractivity contribution in [2.45, 2.75) is 44.4 Å². The summed E-state index contributed by atoms with van der Waals surface area (Å²) < 4.78 is 15.1. The quantitative estimate of drug-likeness (QED) is 0.638. The van der Waals surface area contributed by atoms with Gasteiger partial charge in [-0.2, -0.15) is 0 Å². The van der Waals surface area contributed by atoms with Crippen LogP contribution in [0.15, 0.2) is 30.3 Å². The van der Waals surface area contributed by atoms with Gasteiger partial charge in [-0.1, -0.05) is 30.3 Å². The number of rotatable bonds is 6. The molecule has 2 nitrogen and oxygen atoms in total. The first-order valence-corrected chi connectivity index (χ1v) is 7.92. The maximum absolute atomic E-state index is 12.2. The number of benzene rings is 1. The third-order valence-electron chi connectivity index (χ3n) is 2.63. The summed E-state index contributed by atoms with van der Waals surface area (Å²) >= 11 is 4.69. The van der Waals surface area contributed by atoms with Crippen LogP contribution in [-0.2, 0) is 11.4 Å². The Morgan fingerprint density at radius 3 is 2.39 bits per heavy atom. The Balaban J connectivity index is 2.73. The van der Waals surface area contributed by atoms with E-state index in [1.165, 1.54) is 5.56 Å². The Morgan fingerprint density at radius 2 is 1.89 bits per heavy atom. The topological polar surface area (TPSA) is 35.1 Å². The van der Waals surface area contributed by atoms with Crippen molar-refractivity contribution < 1.29 is 4.55 Å². The Bertz CT molecular complexity index is 339. The zero-order valence-corrected chi connectivity index (χ0v) is 12.9.